The van der Waals surface area contributed by atoms with E-state index in [9.17, 15) is 14.7 Å². The van der Waals surface area contributed by atoms with Crippen molar-refractivity contribution in [3.05, 3.63) is 45.8 Å². The summed E-state index contributed by atoms with van der Waals surface area (Å²) in [4.78, 5) is 22.3. The summed E-state index contributed by atoms with van der Waals surface area (Å²) in [5, 5.41) is 11.3. The van der Waals surface area contributed by atoms with Crippen molar-refractivity contribution in [3.8, 4) is 0 Å². The minimum absolute atomic E-state index is 0. The van der Waals surface area contributed by atoms with E-state index in [4.69, 9.17) is 9.15 Å². The first-order chi connectivity index (χ1) is 9.02. The van der Waals surface area contributed by atoms with Crippen molar-refractivity contribution < 1.29 is 52.2 Å². The Morgan fingerprint density at radius 1 is 1.43 bits per heavy atom. The van der Waals surface area contributed by atoms with Gasteiger partial charge in [0, 0.05) is 18.9 Å². The van der Waals surface area contributed by atoms with Crippen LogP contribution in [-0.4, -0.2) is 24.7 Å². The van der Waals surface area contributed by atoms with Gasteiger partial charge in [-0.2, -0.15) is 0 Å². The van der Waals surface area contributed by atoms with Gasteiger partial charge in [-0.15, -0.1) is 0 Å². The fraction of sp³-hybridized carbons (Fsp3) is 0.286. The predicted octanol–water partition coefficient (Wildman–Crippen LogP) is -0.0933. The molecule has 109 valence electrons. The van der Waals surface area contributed by atoms with Crippen molar-refractivity contribution in [3.63, 3.8) is 0 Å². The molecule has 1 heterocycles. The van der Waals surface area contributed by atoms with Crippen LogP contribution in [0.4, 0.5) is 0 Å². The topological polar surface area (TPSA) is 111 Å². The molecule has 7 heteroatoms. The molecule has 1 aromatic heterocycles. The molecule has 1 radical (unpaired) electrons. The number of fused-ring (bicyclic) bond motifs is 1. The Morgan fingerprint density at radius 3 is 2.67 bits per heavy atom. The van der Waals surface area contributed by atoms with Crippen molar-refractivity contribution in [2.75, 3.05) is 7.11 Å². The third-order valence-corrected chi connectivity index (χ3v) is 2.97. The normalized spacial score (nSPS) is 11.3. The molecule has 0 aliphatic carbocycles. The number of para-hydroxylation sites is 1. The first-order valence-corrected chi connectivity index (χ1v) is 5.83. The molecule has 0 aliphatic rings. The monoisotopic (exact) mass is 481 g/mol. The average Bonchev–Trinajstić information content (AvgIpc) is 2.38. The molecule has 0 bridgehead atoms. The van der Waals surface area contributed by atoms with Crippen molar-refractivity contribution in [1.82, 2.24) is 0 Å². The van der Waals surface area contributed by atoms with Crippen LogP contribution in [-0.2, 0) is 38.8 Å². The van der Waals surface area contributed by atoms with Crippen LogP contribution in [0, 0.1) is 0 Å². The van der Waals surface area contributed by atoms with E-state index in [1.165, 1.54) is 6.07 Å². The molecule has 0 aliphatic heterocycles. The SMILES string of the molecule is COC(C)Cc1cccc2cc(C(=O)[O-])c(=O)oc12.O.[Hg+]. The van der Waals surface area contributed by atoms with Crippen LogP contribution in [0.1, 0.15) is 22.8 Å². The van der Waals surface area contributed by atoms with Crippen molar-refractivity contribution in [2.24, 2.45) is 0 Å². The van der Waals surface area contributed by atoms with Gasteiger partial charge in [-0.25, -0.2) is 4.79 Å². The maximum Gasteiger partial charge on any atom is 1.00 e. The van der Waals surface area contributed by atoms with Gasteiger partial charge in [0.15, 0.2) is 0 Å². The Labute approximate surface area is 141 Å². The molecule has 2 rings (SSSR count). The number of hydrogen-bond acceptors (Lipinski definition) is 5. The van der Waals surface area contributed by atoms with Crippen molar-refractivity contribution >= 4 is 16.9 Å². The van der Waals surface area contributed by atoms with E-state index in [-0.39, 0.29) is 39.2 Å². The van der Waals surface area contributed by atoms with Crippen LogP contribution in [0.5, 0.6) is 0 Å². The summed E-state index contributed by atoms with van der Waals surface area (Å²) < 4.78 is 10.3. The summed E-state index contributed by atoms with van der Waals surface area (Å²) in [6.07, 6.45) is 0.540. The number of carbonyl (C=O) groups excluding carboxylic acids is 1. The van der Waals surface area contributed by atoms with Crippen LogP contribution in [0.3, 0.4) is 0 Å². The number of carboxylic acid groups (broad SMARTS) is 1. The summed E-state index contributed by atoms with van der Waals surface area (Å²) in [5.74, 6) is -1.54. The zero-order chi connectivity index (χ0) is 14.0. The second kappa shape index (κ2) is 8.26. The van der Waals surface area contributed by atoms with E-state index in [0.717, 1.165) is 5.56 Å². The molecule has 1 atom stereocenters. The molecule has 0 saturated heterocycles. The number of benzene rings is 1. The molecule has 1 aromatic carbocycles. The van der Waals surface area contributed by atoms with Crippen LogP contribution >= 0.6 is 0 Å². The van der Waals surface area contributed by atoms with E-state index < -0.39 is 17.2 Å². The van der Waals surface area contributed by atoms with E-state index in [1.54, 1.807) is 19.2 Å². The van der Waals surface area contributed by atoms with E-state index in [2.05, 4.69) is 0 Å². The molecular formula is C14H15HgO6. The number of carboxylic acids is 1. The second-order valence-electron chi connectivity index (χ2n) is 4.32. The summed E-state index contributed by atoms with van der Waals surface area (Å²) in [5.41, 5.74) is -0.176. The fourth-order valence-corrected chi connectivity index (χ4v) is 1.90. The van der Waals surface area contributed by atoms with Gasteiger partial charge in [0.1, 0.15) is 5.58 Å². The average molecular weight is 480 g/mol. The number of rotatable bonds is 4. The molecule has 0 saturated carbocycles. The van der Waals surface area contributed by atoms with Gasteiger partial charge >= 0.3 is 33.3 Å². The van der Waals surface area contributed by atoms with E-state index in [1.807, 2.05) is 13.0 Å². The zero-order valence-electron chi connectivity index (χ0n) is 11.8. The van der Waals surface area contributed by atoms with Crippen LogP contribution in [0.25, 0.3) is 11.0 Å². The number of aromatic carboxylic acids is 1. The van der Waals surface area contributed by atoms with Crippen LogP contribution in [0.15, 0.2) is 33.5 Å². The van der Waals surface area contributed by atoms with Crippen LogP contribution < -0.4 is 10.7 Å². The molecule has 1 unspecified atom stereocenters. The number of methoxy groups -OCH3 is 1. The van der Waals surface area contributed by atoms with Gasteiger partial charge < -0.3 is 24.5 Å². The molecule has 0 spiro atoms. The largest absolute Gasteiger partial charge is 1.00 e. The maximum absolute atomic E-state index is 11.6. The minimum atomic E-state index is -1.54. The van der Waals surface area contributed by atoms with Crippen molar-refractivity contribution in [1.29, 1.82) is 0 Å². The summed E-state index contributed by atoms with van der Waals surface area (Å²) in [7, 11) is 1.60. The molecule has 2 aromatic rings. The summed E-state index contributed by atoms with van der Waals surface area (Å²) in [6, 6.07) is 6.56. The Balaban J connectivity index is 0.00000200. The second-order valence-corrected chi connectivity index (χ2v) is 4.32. The number of hydrogen-bond donors (Lipinski definition) is 0. The maximum atomic E-state index is 11.6. The third kappa shape index (κ3) is 4.36. The van der Waals surface area contributed by atoms with Gasteiger partial charge in [0.05, 0.1) is 17.6 Å². The van der Waals surface area contributed by atoms with Gasteiger partial charge in [0.2, 0.25) is 0 Å². The fourth-order valence-electron chi connectivity index (χ4n) is 1.90. The Bertz CT molecular complexity index is 679. The molecule has 21 heavy (non-hydrogen) atoms. The first kappa shape index (κ1) is 19.8. The predicted molar refractivity (Wildman–Crippen MR) is 70.6 cm³/mol. The van der Waals surface area contributed by atoms with Gasteiger partial charge in [-0.05, 0) is 18.6 Å². The Kier molecular flexibility index (Phi) is 7.77. The first-order valence-electron chi connectivity index (χ1n) is 5.83. The summed E-state index contributed by atoms with van der Waals surface area (Å²) >= 11 is 0. The molecule has 0 fully saturated rings. The minimum Gasteiger partial charge on any atom is -0.545 e. The zero-order valence-corrected chi connectivity index (χ0v) is 17.3. The van der Waals surface area contributed by atoms with Crippen molar-refractivity contribution in [2.45, 2.75) is 19.4 Å². The summed E-state index contributed by atoms with van der Waals surface area (Å²) in [6.45, 7) is 1.90. The van der Waals surface area contributed by atoms with Gasteiger partial charge in [-0.3, -0.25) is 0 Å². The number of carbonyl (C=O) groups is 1. The Hall–Kier alpha value is -1.24. The van der Waals surface area contributed by atoms with Gasteiger partial charge in [-0.1, -0.05) is 18.2 Å². The quantitative estimate of drug-likeness (QED) is 0.449. The van der Waals surface area contributed by atoms with Crippen LogP contribution in [0.2, 0.25) is 0 Å². The van der Waals surface area contributed by atoms with E-state index in [0.29, 0.717) is 17.4 Å². The molecular weight excluding hydrogens is 465 g/mol. The van der Waals surface area contributed by atoms with E-state index >= 15 is 0 Å². The third-order valence-electron chi connectivity index (χ3n) is 2.97. The molecule has 0 amide bonds. The Morgan fingerprint density at radius 2 is 2.10 bits per heavy atom. The smallest absolute Gasteiger partial charge is 0.545 e. The standard InChI is InChI=1S/C14H14O5.Hg.H2O/c1-8(18-2)6-9-4-3-5-10-7-11(13(15)16)14(17)19-12(9)10;;/h3-5,7-8H,6H2,1-2H3,(H,15,16);;1H2/q;+1;/p-1. The number of ether oxygens (including phenoxy) is 1. The molecule has 2 N–H and O–H groups in total. The molecule has 6 nitrogen and oxygen atoms in total. The van der Waals surface area contributed by atoms with Gasteiger partial charge in [0.25, 0.3) is 0 Å².